The van der Waals surface area contributed by atoms with Crippen LogP contribution in [-0.2, 0) is 41.8 Å². The summed E-state index contributed by atoms with van der Waals surface area (Å²) in [6, 6.07) is 0. The molecule has 16 nitrogen and oxygen atoms in total. The van der Waals surface area contributed by atoms with E-state index < -0.39 is 83.5 Å². The molecule has 0 bridgehead atoms. The summed E-state index contributed by atoms with van der Waals surface area (Å²) in [5, 5.41) is 40.9. The third-order valence-corrected chi connectivity index (χ3v) is 10.8. The van der Waals surface area contributed by atoms with Crippen molar-refractivity contribution in [2.45, 2.75) is 184 Å². The molecule has 1 saturated carbocycles. The van der Waals surface area contributed by atoms with Gasteiger partial charge in [-0.05, 0) is 25.0 Å². The van der Waals surface area contributed by atoms with Gasteiger partial charge in [-0.3, -0.25) is 23.2 Å². The molecule has 0 amide bonds. The van der Waals surface area contributed by atoms with Crippen LogP contribution in [0.5, 0.6) is 0 Å². The minimum absolute atomic E-state index is 0.0460. The highest BCUT2D eigenvalue weighted by Gasteiger charge is 2.54. The fourth-order valence-corrected chi connectivity index (χ4v) is 7.71. The molecule has 1 aliphatic rings. The highest BCUT2D eigenvalue weighted by Crippen LogP contribution is 2.49. The molecule has 53 heavy (non-hydrogen) atoms. The van der Waals surface area contributed by atoms with Crippen LogP contribution in [0.15, 0.2) is 0 Å². The van der Waals surface area contributed by atoms with Gasteiger partial charge in [0.2, 0.25) is 0 Å². The van der Waals surface area contributed by atoms with E-state index in [-0.39, 0.29) is 12.8 Å². The summed E-state index contributed by atoms with van der Waals surface area (Å²) < 4.78 is 48.9. The summed E-state index contributed by atoms with van der Waals surface area (Å²) >= 11 is 4.19. The zero-order valence-corrected chi connectivity index (χ0v) is 33.8. The van der Waals surface area contributed by atoms with Gasteiger partial charge in [0, 0.05) is 12.8 Å². The quantitative estimate of drug-likeness (QED) is 0.0192. The van der Waals surface area contributed by atoms with Crippen molar-refractivity contribution in [3.05, 3.63) is 0 Å². The summed E-state index contributed by atoms with van der Waals surface area (Å²) in [6.07, 6.45) is 5.45. The van der Waals surface area contributed by atoms with E-state index >= 15 is 0 Å². The number of rotatable bonds is 32. The Morgan fingerprint density at radius 2 is 1.02 bits per heavy atom. The normalized spacial score (nSPS) is 23.7. The van der Waals surface area contributed by atoms with Crippen molar-refractivity contribution >= 4 is 40.2 Å². The van der Waals surface area contributed by atoms with Crippen LogP contribution >= 0.6 is 28.3 Å². The number of carbonyl (C=O) groups excluding carboxylic acids is 2. The van der Waals surface area contributed by atoms with Crippen LogP contribution in [0.1, 0.15) is 142 Å². The number of thiol groups is 1. The molecule has 0 aromatic heterocycles. The number of unbranched alkanes of at least 4 members (excludes halogenated alkanes) is 17. The van der Waals surface area contributed by atoms with Gasteiger partial charge in [-0.15, -0.1) is 0 Å². The summed E-state index contributed by atoms with van der Waals surface area (Å²) in [5.74, 6) is -0.398. The molecule has 314 valence electrons. The first-order chi connectivity index (χ1) is 25.1. The fraction of sp³-hybridized carbons (Fsp3) is 0.941. The number of phosphoric acid groups is 2. The predicted molar refractivity (Wildman–Crippen MR) is 199 cm³/mol. The molecule has 1 fully saturated rings. The molecule has 0 aromatic carbocycles. The number of hydrogen-bond acceptors (Lipinski definition) is 14. The van der Waals surface area contributed by atoms with Gasteiger partial charge >= 0.3 is 27.6 Å². The number of esters is 2. The summed E-state index contributed by atoms with van der Waals surface area (Å²) in [5.41, 5.74) is 0. The van der Waals surface area contributed by atoms with E-state index in [2.05, 4.69) is 24.1 Å². The van der Waals surface area contributed by atoms with Crippen molar-refractivity contribution < 1.29 is 76.9 Å². The number of phosphoric ester groups is 2. The Balaban J connectivity index is 2.67. The zero-order valence-electron chi connectivity index (χ0n) is 31.2. The van der Waals surface area contributed by atoms with Crippen LogP contribution in [0.3, 0.4) is 0 Å². The Bertz CT molecular complexity index is 1080. The van der Waals surface area contributed by atoms with Gasteiger partial charge in [0.15, 0.2) is 6.10 Å². The molecule has 1 aliphatic carbocycles. The first-order valence-electron chi connectivity index (χ1n) is 19.2. The van der Waals surface area contributed by atoms with Gasteiger partial charge in [0.05, 0.1) is 6.61 Å². The SMILES string of the molecule is CCCCCCCCCCCCCCCC(=O)O[C@@H](COC(=O)CCCCCCCCS)COP(=O)(O)OC1C(O)[C@@H](OP(=O)(O)O)C(O)[C@@H](O)[C@H]1O. The Morgan fingerprint density at radius 3 is 1.49 bits per heavy atom. The van der Waals surface area contributed by atoms with Gasteiger partial charge in [0.1, 0.15) is 43.2 Å². The third kappa shape index (κ3) is 23.9. The second kappa shape index (κ2) is 28.7. The van der Waals surface area contributed by atoms with E-state index in [0.29, 0.717) is 12.8 Å². The number of hydrogen-bond donors (Lipinski definition) is 8. The van der Waals surface area contributed by atoms with Crippen LogP contribution in [-0.4, -0.2) is 109 Å². The third-order valence-electron chi connectivity index (χ3n) is 8.99. The van der Waals surface area contributed by atoms with Gasteiger partial charge in [-0.2, -0.15) is 12.6 Å². The van der Waals surface area contributed by atoms with E-state index in [9.17, 15) is 44.0 Å². The van der Waals surface area contributed by atoms with Gasteiger partial charge in [-0.25, -0.2) is 9.13 Å². The number of carbonyl (C=O) groups is 2. The van der Waals surface area contributed by atoms with Crippen molar-refractivity contribution in [1.29, 1.82) is 0 Å². The molecule has 0 radical (unpaired) electrons. The molecule has 0 aliphatic heterocycles. The lowest BCUT2D eigenvalue weighted by atomic mass is 9.85. The fourth-order valence-electron chi connectivity index (χ4n) is 5.95. The average Bonchev–Trinajstić information content (AvgIpc) is 3.10. The summed E-state index contributed by atoms with van der Waals surface area (Å²) in [7, 11) is -10.6. The Labute approximate surface area is 319 Å². The average molecular weight is 825 g/mol. The molecule has 19 heteroatoms. The van der Waals surface area contributed by atoms with Crippen LogP contribution in [0.4, 0.5) is 0 Å². The number of aliphatic hydroxyl groups is 4. The van der Waals surface area contributed by atoms with Crippen LogP contribution in [0, 0.1) is 0 Å². The highest BCUT2D eigenvalue weighted by molar-refractivity contribution is 7.80. The van der Waals surface area contributed by atoms with Crippen molar-refractivity contribution in [2.75, 3.05) is 19.0 Å². The molecule has 8 atom stereocenters. The van der Waals surface area contributed by atoms with Crippen molar-refractivity contribution in [2.24, 2.45) is 0 Å². The number of ether oxygens (including phenoxy) is 2. The Hall–Kier alpha value is -0.650. The lowest BCUT2D eigenvalue weighted by molar-refractivity contribution is -0.216. The second-order valence-corrected chi connectivity index (χ2v) is 16.8. The largest absolute Gasteiger partial charge is 0.472 e. The minimum Gasteiger partial charge on any atom is -0.462 e. The van der Waals surface area contributed by atoms with Crippen molar-refractivity contribution in [3.8, 4) is 0 Å². The van der Waals surface area contributed by atoms with Crippen molar-refractivity contribution in [1.82, 2.24) is 0 Å². The minimum atomic E-state index is -5.35. The van der Waals surface area contributed by atoms with E-state index in [0.717, 1.165) is 63.5 Å². The summed E-state index contributed by atoms with van der Waals surface area (Å²) in [6.45, 7) is 0.867. The molecule has 4 unspecified atom stereocenters. The van der Waals surface area contributed by atoms with E-state index in [4.69, 9.17) is 28.3 Å². The maximum atomic E-state index is 12.9. The topological polar surface area (TPSA) is 256 Å². The van der Waals surface area contributed by atoms with E-state index in [1.54, 1.807) is 0 Å². The molecule has 0 saturated heterocycles. The monoisotopic (exact) mass is 824 g/mol. The molecule has 1 rings (SSSR count). The molecule has 0 heterocycles. The predicted octanol–water partition coefficient (Wildman–Crippen LogP) is 5.02. The smallest absolute Gasteiger partial charge is 0.462 e. The second-order valence-electron chi connectivity index (χ2n) is 13.7. The van der Waals surface area contributed by atoms with Gasteiger partial charge in [-0.1, -0.05) is 110 Å². The highest BCUT2D eigenvalue weighted by atomic mass is 32.1. The molecular formula is C34H66O16P2S. The lowest BCUT2D eigenvalue weighted by Gasteiger charge is -2.43. The van der Waals surface area contributed by atoms with Crippen LogP contribution in [0.25, 0.3) is 0 Å². The maximum absolute atomic E-state index is 12.9. The van der Waals surface area contributed by atoms with E-state index in [1.165, 1.54) is 51.4 Å². The van der Waals surface area contributed by atoms with E-state index in [1.807, 2.05) is 0 Å². The molecule has 0 aromatic rings. The lowest BCUT2D eigenvalue weighted by Crippen LogP contribution is -2.64. The molecular weight excluding hydrogens is 758 g/mol. The van der Waals surface area contributed by atoms with Crippen LogP contribution in [0.2, 0.25) is 0 Å². The first-order valence-corrected chi connectivity index (χ1v) is 22.9. The molecule has 7 N–H and O–H groups in total. The van der Waals surface area contributed by atoms with Crippen LogP contribution < -0.4 is 0 Å². The Morgan fingerprint density at radius 1 is 0.585 bits per heavy atom. The zero-order chi connectivity index (χ0) is 39.7. The maximum Gasteiger partial charge on any atom is 0.472 e. The number of aliphatic hydroxyl groups excluding tert-OH is 4. The molecule has 0 spiro atoms. The Kier molecular flexibility index (Phi) is 27.3. The summed E-state index contributed by atoms with van der Waals surface area (Å²) in [4.78, 5) is 53.7. The van der Waals surface area contributed by atoms with Crippen molar-refractivity contribution in [3.63, 3.8) is 0 Å². The first kappa shape index (κ1) is 50.4. The van der Waals surface area contributed by atoms with Gasteiger partial charge in [0.25, 0.3) is 0 Å². The van der Waals surface area contributed by atoms with Gasteiger partial charge < -0.3 is 44.6 Å². The standard InChI is InChI=1S/C34H66O16P2S/c1-2-3-4-5-6-7-8-9-10-11-12-16-19-22-28(36)48-26(24-46-27(35)21-18-15-13-14-17-20-23-53)25-47-52(44,45)50-34-31(39)29(37)30(38)33(32(34)40)49-51(41,42)43/h26,29-34,37-40,53H,2-25H2,1H3,(H,44,45)(H2,41,42,43)/t26-,29+,30?,31+,32?,33-,34?/m0/s1.